The molecule has 0 saturated carbocycles. The van der Waals surface area contributed by atoms with Crippen molar-refractivity contribution in [3.05, 3.63) is 119 Å². The van der Waals surface area contributed by atoms with Crippen LogP contribution in [0.2, 0.25) is 0 Å². The van der Waals surface area contributed by atoms with Crippen molar-refractivity contribution in [3.8, 4) is 0 Å². The molecule has 1 aliphatic rings. The fraction of sp³-hybridized carbons (Fsp3) is 0.0769. The summed E-state index contributed by atoms with van der Waals surface area (Å²) in [6, 6.07) is 32.4. The second-order valence-electron chi connectivity index (χ2n) is 7.09. The van der Waals surface area contributed by atoms with Gasteiger partial charge < -0.3 is 24.8 Å². The maximum atomic E-state index is 6.30. The van der Waals surface area contributed by atoms with Crippen LogP contribution in [0.5, 0.6) is 0 Å². The molecule has 4 heteroatoms. The molecule has 5 rings (SSSR count). The molecule has 0 saturated heterocycles. The minimum absolute atomic E-state index is 0. The third kappa shape index (κ3) is 4.57. The Balaban J connectivity index is 0.00000128. The molecule has 1 aliphatic carbocycles. The number of benzene rings is 4. The Morgan fingerprint density at radius 1 is 0.700 bits per heavy atom. The maximum Gasteiger partial charge on any atom is -1.00 e. The molecule has 0 bridgehead atoms. The smallest absolute Gasteiger partial charge is 1.00 e. The second-order valence-corrected chi connectivity index (χ2v) is 8.64. The molecule has 0 spiro atoms. The predicted molar refractivity (Wildman–Crippen MR) is 112 cm³/mol. The number of allylic oxidation sites excluding steroid dienone is 1. The van der Waals surface area contributed by atoms with Crippen LogP contribution in [-0.2, 0) is 29.5 Å². The van der Waals surface area contributed by atoms with Gasteiger partial charge in [-0.05, 0) is 0 Å². The van der Waals surface area contributed by atoms with Gasteiger partial charge in [-0.3, -0.25) is 0 Å². The zero-order chi connectivity index (χ0) is 18.8. The molecule has 0 amide bonds. The SMILES string of the molecule is C1=CC(c2ccc3ccccc3[c]2[Ti+2][O]Cc2ccccc2)c2ccccc21.[Cl-].[Cl-]. The van der Waals surface area contributed by atoms with E-state index in [1.807, 2.05) is 6.07 Å². The molecule has 4 aromatic rings. The van der Waals surface area contributed by atoms with Crippen molar-refractivity contribution in [1.29, 1.82) is 0 Å². The normalized spacial score (nSPS) is 13.8. The van der Waals surface area contributed by atoms with E-state index in [9.17, 15) is 0 Å². The Bertz CT molecular complexity index is 1160. The summed E-state index contributed by atoms with van der Waals surface area (Å²) in [4.78, 5) is 0. The summed E-state index contributed by atoms with van der Waals surface area (Å²) in [7, 11) is 0. The number of rotatable bonds is 5. The van der Waals surface area contributed by atoms with Crippen LogP contribution in [0.3, 0.4) is 0 Å². The summed E-state index contributed by atoms with van der Waals surface area (Å²) < 4.78 is 7.72. The van der Waals surface area contributed by atoms with E-state index in [1.165, 1.54) is 36.9 Å². The van der Waals surface area contributed by atoms with Crippen LogP contribution in [0.15, 0.2) is 97.1 Å². The molecule has 1 nitrogen and oxygen atoms in total. The first-order valence-corrected chi connectivity index (χ1v) is 11.0. The van der Waals surface area contributed by atoms with Gasteiger partial charge in [-0.25, -0.2) is 0 Å². The van der Waals surface area contributed by atoms with Gasteiger partial charge in [-0.2, -0.15) is 0 Å². The fourth-order valence-electron chi connectivity index (χ4n) is 3.95. The maximum absolute atomic E-state index is 6.30. The van der Waals surface area contributed by atoms with E-state index in [0.717, 1.165) is 0 Å². The van der Waals surface area contributed by atoms with Crippen molar-refractivity contribution >= 4 is 20.7 Å². The summed E-state index contributed by atoms with van der Waals surface area (Å²) in [5, 5.41) is 2.63. The van der Waals surface area contributed by atoms with Crippen LogP contribution in [-0.4, -0.2) is 0 Å². The zero-order valence-electron chi connectivity index (χ0n) is 16.3. The van der Waals surface area contributed by atoms with Gasteiger partial charge in [0.1, 0.15) is 0 Å². The van der Waals surface area contributed by atoms with Crippen LogP contribution in [0, 0.1) is 0 Å². The largest absolute Gasteiger partial charge is 1.00 e. The predicted octanol–water partition coefficient (Wildman–Crippen LogP) is -0.154. The van der Waals surface area contributed by atoms with E-state index in [2.05, 4.69) is 97.1 Å². The molecule has 1 atom stereocenters. The van der Waals surface area contributed by atoms with Gasteiger partial charge in [0.05, 0.1) is 0 Å². The first kappa shape index (κ1) is 22.8. The molecule has 0 fully saturated rings. The van der Waals surface area contributed by atoms with Gasteiger partial charge in [0.25, 0.3) is 0 Å². The Hall–Kier alpha value is -1.87. The van der Waals surface area contributed by atoms with Crippen molar-refractivity contribution in [3.63, 3.8) is 0 Å². The Morgan fingerprint density at radius 2 is 1.43 bits per heavy atom. The minimum Gasteiger partial charge on any atom is -1.00 e. The average Bonchev–Trinajstić information content (AvgIpc) is 3.18. The molecule has 0 aromatic heterocycles. The topological polar surface area (TPSA) is 9.23 Å². The molecule has 0 aliphatic heterocycles. The van der Waals surface area contributed by atoms with E-state index in [-0.39, 0.29) is 24.8 Å². The van der Waals surface area contributed by atoms with Gasteiger partial charge >= 0.3 is 175 Å². The van der Waals surface area contributed by atoms with Crippen molar-refractivity contribution in [2.45, 2.75) is 12.5 Å². The van der Waals surface area contributed by atoms with Crippen molar-refractivity contribution in [2.75, 3.05) is 0 Å². The van der Waals surface area contributed by atoms with Crippen LogP contribution in [0.25, 0.3) is 16.8 Å². The molecule has 1 unspecified atom stereocenters. The summed E-state index contributed by atoms with van der Waals surface area (Å²) in [5.41, 5.74) is 5.36. The summed E-state index contributed by atoms with van der Waals surface area (Å²) in [6.07, 6.45) is 4.59. The Labute approximate surface area is 199 Å². The van der Waals surface area contributed by atoms with Gasteiger partial charge in [-0.1, -0.05) is 0 Å². The van der Waals surface area contributed by atoms with E-state index in [4.69, 9.17) is 3.32 Å². The summed E-state index contributed by atoms with van der Waals surface area (Å²) >= 11 is -0.725. The van der Waals surface area contributed by atoms with E-state index < -0.39 is 19.5 Å². The van der Waals surface area contributed by atoms with Gasteiger partial charge in [0, 0.05) is 0 Å². The quantitative estimate of drug-likeness (QED) is 0.371. The molecule has 0 N–H and O–H groups in total. The van der Waals surface area contributed by atoms with E-state index in [0.29, 0.717) is 12.5 Å². The molecule has 4 aromatic carbocycles. The molecule has 148 valence electrons. The molecular formula is C26H20Cl2OTi. The van der Waals surface area contributed by atoms with Crippen LogP contribution in [0.4, 0.5) is 0 Å². The van der Waals surface area contributed by atoms with Gasteiger partial charge in [0.2, 0.25) is 0 Å². The molecular weight excluding hydrogens is 447 g/mol. The Kier molecular flexibility index (Phi) is 7.94. The number of hydrogen-bond acceptors (Lipinski definition) is 1. The van der Waals surface area contributed by atoms with Gasteiger partial charge in [0.15, 0.2) is 0 Å². The van der Waals surface area contributed by atoms with Crippen molar-refractivity contribution in [1.82, 2.24) is 0 Å². The molecule has 30 heavy (non-hydrogen) atoms. The third-order valence-electron chi connectivity index (χ3n) is 5.35. The number of hydrogen-bond donors (Lipinski definition) is 0. The summed E-state index contributed by atoms with van der Waals surface area (Å²) in [6.45, 7) is 0.681. The standard InChI is InChI=1S/C19H13.C7H7O.2ClH.Ti/c1-2-7-16-13-17(10-9-14(16)5-1)19-12-11-15-6-3-4-8-18(15)19;8-6-7-4-2-1-3-5-7;;;/h1-12,19H;1-5H,6H2;2*1H;/q;-1;;;+3/p-2. The average molecular weight is 467 g/mol. The fourth-order valence-corrected chi connectivity index (χ4v) is 5.63. The van der Waals surface area contributed by atoms with Crippen molar-refractivity contribution in [2.24, 2.45) is 0 Å². The minimum atomic E-state index is -0.725. The molecule has 0 radical (unpaired) electrons. The van der Waals surface area contributed by atoms with E-state index in [1.54, 1.807) is 0 Å². The zero-order valence-corrected chi connectivity index (χ0v) is 19.3. The summed E-state index contributed by atoms with van der Waals surface area (Å²) in [5.74, 6) is 0.319. The van der Waals surface area contributed by atoms with Crippen LogP contribution in [0.1, 0.15) is 28.2 Å². The van der Waals surface area contributed by atoms with Crippen molar-refractivity contribution < 1.29 is 47.7 Å². The van der Waals surface area contributed by atoms with Crippen LogP contribution < -0.4 is 28.7 Å². The van der Waals surface area contributed by atoms with Gasteiger partial charge in [-0.15, -0.1) is 0 Å². The van der Waals surface area contributed by atoms with Crippen LogP contribution >= 0.6 is 0 Å². The second kappa shape index (κ2) is 10.4. The Morgan fingerprint density at radius 3 is 2.30 bits per heavy atom. The first-order valence-electron chi connectivity index (χ1n) is 9.61. The third-order valence-corrected chi connectivity index (χ3v) is 6.99. The van der Waals surface area contributed by atoms with E-state index >= 15 is 0 Å². The molecule has 0 heterocycles. The number of halogens is 2. The number of fused-ring (bicyclic) bond motifs is 2. The first-order chi connectivity index (χ1) is 13.9. The monoisotopic (exact) mass is 466 g/mol.